The largest absolute Gasteiger partial charge is 0.433 e. The van der Waals surface area contributed by atoms with Gasteiger partial charge in [-0.2, -0.15) is 0 Å². The lowest BCUT2D eigenvalue weighted by molar-refractivity contribution is -0.163. The number of aliphatic hydroxyl groups is 1. The number of unbranched alkanes of at least 4 members (excludes halogenated alkanes) is 2. The first-order valence-corrected chi connectivity index (χ1v) is 5.52. The van der Waals surface area contributed by atoms with Gasteiger partial charge < -0.3 is 9.84 Å². The van der Waals surface area contributed by atoms with E-state index in [0.29, 0.717) is 12.0 Å². The summed E-state index contributed by atoms with van der Waals surface area (Å²) >= 11 is 0. The van der Waals surface area contributed by atoms with E-state index in [-0.39, 0.29) is 0 Å². The van der Waals surface area contributed by atoms with E-state index in [1.165, 1.54) is 0 Å². The molecule has 0 aromatic carbocycles. The summed E-state index contributed by atoms with van der Waals surface area (Å²) in [6.07, 6.45) is 2.59. The maximum Gasteiger partial charge on any atom is 0.335 e. The minimum absolute atomic E-state index is 0.418. The third-order valence-electron chi connectivity index (χ3n) is 2.35. The molecule has 1 atom stereocenters. The Kier molecular flexibility index (Phi) is 7.05. The lowest BCUT2D eigenvalue weighted by Crippen LogP contribution is -2.18. The molecule has 15 heavy (non-hydrogen) atoms. The zero-order chi connectivity index (χ0) is 11.8. The number of ether oxygens (including phenoxy) is 1. The Morgan fingerprint density at radius 3 is 2.33 bits per heavy atom. The van der Waals surface area contributed by atoms with Gasteiger partial charge in [-0.05, 0) is 27.2 Å². The minimum atomic E-state index is -0.960. The number of aliphatic hydroxyl groups excluding tert-OH is 1. The second-order valence-electron chi connectivity index (χ2n) is 3.98. The molecule has 0 bridgehead atoms. The van der Waals surface area contributed by atoms with E-state index < -0.39 is 12.3 Å². The molecule has 0 spiro atoms. The molecule has 3 nitrogen and oxygen atoms in total. The van der Waals surface area contributed by atoms with Crippen molar-refractivity contribution in [2.24, 2.45) is 0 Å². The van der Waals surface area contributed by atoms with Gasteiger partial charge in [-0.1, -0.05) is 25.3 Å². The highest BCUT2D eigenvalue weighted by atomic mass is 16.6. The van der Waals surface area contributed by atoms with Gasteiger partial charge >= 0.3 is 5.97 Å². The molecule has 0 rings (SSSR count). The van der Waals surface area contributed by atoms with Gasteiger partial charge in [0.25, 0.3) is 0 Å². The molecule has 0 aromatic rings. The van der Waals surface area contributed by atoms with Gasteiger partial charge in [-0.15, -0.1) is 0 Å². The summed E-state index contributed by atoms with van der Waals surface area (Å²) in [5.41, 5.74) is 1.49. The van der Waals surface area contributed by atoms with Crippen molar-refractivity contribution in [3.63, 3.8) is 0 Å². The maximum atomic E-state index is 11.4. The lowest BCUT2D eigenvalue weighted by atomic mass is 10.2. The van der Waals surface area contributed by atoms with E-state index >= 15 is 0 Å². The van der Waals surface area contributed by atoms with E-state index in [4.69, 9.17) is 4.74 Å². The highest BCUT2D eigenvalue weighted by Crippen LogP contribution is 2.09. The summed E-state index contributed by atoms with van der Waals surface area (Å²) < 4.78 is 4.88. The Balaban J connectivity index is 3.92. The molecule has 88 valence electrons. The predicted octanol–water partition coefficient (Wildman–Crippen LogP) is 2.78. The molecule has 0 aliphatic rings. The molecule has 0 aliphatic heterocycles. The van der Waals surface area contributed by atoms with Gasteiger partial charge in [0.05, 0.1) is 0 Å². The molecule has 3 heteroatoms. The van der Waals surface area contributed by atoms with Crippen LogP contribution in [0.2, 0.25) is 0 Å². The van der Waals surface area contributed by atoms with Crippen molar-refractivity contribution in [1.29, 1.82) is 0 Å². The molecule has 0 radical (unpaired) electrons. The molecule has 0 saturated heterocycles. The van der Waals surface area contributed by atoms with E-state index in [9.17, 15) is 9.90 Å². The van der Waals surface area contributed by atoms with Crippen molar-refractivity contribution in [3.8, 4) is 0 Å². The Hall–Kier alpha value is -0.830. The Morgan fingerprint density at radius 1 is 1.27 bits per heavy atom. The second-order valence-corrected chi connectivity index (χ2v) is 3.98. The van der Waals surface area contributed by atoms with Crippen LogP contribution in [-0.4, -0.2) is 17.4 Å². The van der Waals surface area contributed by atoms with E-state index in [1.54, 1.807) is 6.92 Å². The van der Waals surface area contributed by atoms with Crippen LogP contribution in [-0.2, 0) is 9.53 Å². The molecule has 0 heterocycles. The second kappa shape index (κ2) is 7.46. The van der Waals surface area contributed by atoms with E-state index in [2.05, 4.69) is 6.92 Å². The van der Waals surface area contributed by atoms with Crippen LogP contribution in [0.5, 0.6) is 0 Å². The maximum absolute atomic E-state index is 11.4. The fourth-order valence-electron chi connectivity index (χ4n) is 1.04. The third kappa shape index (κ3) is 6.28. The SMILES string of the molecule is CCCCCC(O)OC(=O)C(C)=C(C)C. The zero-order valence-corrected chi connectivity index (χ0v) is 10.2. The normalized spacial score (nSPS) is 12.1. The Morgan fingerprint density at radius 2 is 1.87 bits per heavy atom. The molecule has 0 aliphatic carbocycles. The number of hydrogen-bond donors (Lipinski definition) is 1. The lowest BCUT2D eigenvalue weighted by Gasteiger charge is -2.12. The topological polar surface area (TPSA) is 46.5 Å². The number of carbonyl (C=O) groups excluding carboxylic acids is 1. The first-order chi connectivity index (χ1) is 6.99. The Bertz CT molecular complexity index is 227. The standard InChI is InChI=1S/C12H22O3/c1-5-6-7-8-11(13)15-12(14)10(4)9(2)3/h11,13H,5-8H2,1-4H3. The molecule has 0 saturated carbocycles. The molecular weight excluding hydrogens is 192 g/mol. The first-order valence-electron chi connectivity index (χ1n) is 5.52. The number of rotatable bonds is 6. The van der Waals surface area contributed by atoms with E-state index in [1.807, 2.05) is 13.8 Å². The number of allylic oxidation sites excluding steroid dienone is 1. The van der Waals surface area contributed by atoms with Gasteiger partial charge in [0, 0.05) is 12.0 Å². The van der Waals surface area contributed by atoms with Crippen molar-refractivity contribution < 1.29 is 14.6 Å². The molecule has 1 unspecified atom stereocenters. The summed E-state index contributed by atoms with van der Waals surface area (Å²) in [7, 11) is 0. The summed E-state index contributed by atoms with van der Waals surface area (Å²) in [4.78, 5) is 11.4. The van der Waals surface area contributed by atoms with Gasteiger partial charge in [0.2, 0.25) is 6.29 Å². The van der Waals surface area contributed by atoms with Crippen molar-refractivity contribution >= 4 is 5.97 Å². The molecule has 0 fully saturated rings. The van der Waals surface area contributed by atoms with Crippen molar-refractivity contribution in [1.82, 2.24) is 0 Å². The molecule has 1 N–H and O–H groups in total. The summed E-state index contributed by atoms with van der Waals surface area (Å²) in [5, 5.41) is 9.41. The van der Waals surface area contributed by atoms with Crippen molar-refractivity contribution in [2.45, 2.75) is 59.7 Å². The van der Waals surface area contributed by atoms with Crippen LogP contribution < -0.4 is 0 Å². The molecule has 0 aromatic heterocycles. The van der Waals surface area contributed by atoms with Crippen LogP contribution in [0.4, 0.5) is 0 Å². The van der Waals surface area contributed by atoms with Crippen LogP contribution in [0, 0.1) is 0 Å². The van der Waals surface area contributed by atoms with Crippen LogP contribution in [0.25, 0.3) is 0 Å². The molecular formula is C12H22O3. The van der Waals surface area contributed by atoms with Crippen molar-refractivity contribution in [3.05, 3.63) is 11.1 Å². The van der Waals surface area contributed by atoms with Gasteiger partial charge in [0.15, 0.2) is 0 Å². The monoisotopic (exact) mass is 214 g/mol. The fourth-order valence-corrected chi connectivity index (χ4v) is 1.04. The van der Waals surface area contributed by atoms with E-state index in [0.717, 1.165) is 24.8 Å². The van der Waals surface area contributed by atoms with Gasteiger partial charge in [-0.3, -0.25) is 0 Å². The highest BCUT2D eigenvalue weighted by molar-refractivity contribution is 5.88. The summed E-state index contributed by atoms with van der Waals surface area (Å²) in [6.45, 7) is 7.49. The number of carbonyl (C=O) groups is 1. The zero-order valence-electron chi connectivity index (χ0n) is 10.2. The highest BCUT2D eigenvalue weighted by Gasteiger charge is 2.12. The van der Waals surface area contributed by atoms with Crippen LogP contribution in [0.3, 0.4) is 0 Å². The quantitative estimate of drug-likeness (QED) is 0.320. The third-order valence-corrected chi connectivity index (χ3v) is 2.35. The smallest absolute Gasteiger partial charge is 0.335 e. The van der Waals surface area contributed by atoms with Crippen LogP contribution >= 0.6 is 0 Å². The van der Waals surface area contributed by atoms with Crippen LogP contribution in [0.1, 0.15) is 53.4 Å². The molecule has 0 amide bonds. The number of esters is 1. The minimum Gasteiger partial charge on any atom is -0.433 e. The number of hydrogen-bond acceptors (Lipinski definition) is 3. The Labute approximate surface area is 92.1 Å². The average Bonchev–Trinajstić information content (AvgIpc) is 2.16. The summed E-state index contributed by atoms with van der Waals surface area (Å²) in [6, 6.07) is 0. The average molecular weight is 214 g/mol. The van der Waals surface area contributed by atoms with Crippen molar-refractivity contribution in [2.75, 3.05) is 0 Å². The van der Waals surface area contributed by atoms with Gasteiger partial charge in [0.1, 0.15) is 0 Å². The fraction of sp³-hybridized carbons (Fsp3) is 0.750. The summed E-state index contributed by atoms with van der Waals surface area (Å²) in [5.74, 6) is -0.418. The van der Waals surface area contributed by atoms with Crippen LogP contribution in [0.15, 0.2) is 11.1 Å². The predicted molar refractivity (Wildman–Crippen MR) is 60.3 cm³/mol. The first kappa shape index (κ1) is 14.2. The van der Waals surface area contributed by atoms with Gasteiger partial charge in [-0.25, -0.2) is 4.79 Å².